The van der Waals surface area contributed by atoms with Crippen LogP contribution in [0.4, 0.5) is 0 Å². The molecule has 0 aromatic carbocycles. The minimum Gasteiger partial charge on any atom is -0.463 e. The predicted molar refractivity (Wildman–Crippen MR) is 78.9 cm³/mol. The molecule has 0 radical (unpaired) electrons. The Morgan fingerprint density at radius 1 is 1.57 bits per heavy atom. The van der Waals surface area contributed by atoms with Crippen LogP contribution in [0.1, 0.15) is 31.1 Å². The second-order valence-electron chi connectivity index (χ2n) is 4.35. The van der Waals surface area contributed by atoms with Gasteiger partial charge in [0.2, 0.25) is 5.88 Å². The summed E-state index contributed by atoms with van der Waals surface area (Å²) in [6.07, 6.45) is 0.495. The Labute approximate surface area is 127 Å². The Morgan fingerprint density at radius 2 is 2.33 bits per heavy atom. The van der Waals surface area contributed by atoms with Gasteiger partial charge in [0.25, 0.3) is 0 Å². The van der Waals surface area contributed by atoms with Gasteiger partial charge in [-0.15, -0.1) is 11.3 Å². The zero-order valence-corrected chi connectivity index (χ0v) is 12.7. The molecule has 110 valence electrons. The Balaban J connectivity index is 2.59. The minimum atomic E-state index is -0.516. The molecule has 1 aliphatic rings. The highest BCUT2D eigenvalue weighted by Gasteiger charge is 2.37. The van der Waals surface area contributed by atoms with Crippen molar-refractivity contribution in [1.82, 2.24) is 0 Å². The van der Waals surface area contributed by atoms with E-state index in [0.717, 1.165) is 4.88 Å². The number of hydrogen-bond donors (Lipinski definition) is 1. The molecule has 0 saturated heterocycles. The van der Waals surface area contributed by atoms with Gasteiger partial charge in [0.15, 0.2) is 0 Å². The van der Waals surface area contributed by atoms with Gasteiger partial charge in [-0.2, -0.15) is 5.26 Å². The Bertz CT molecular complexity index is 638. The lowest BCUT2D eigenvalue weighted by Crippen LogP contribution is -2.25. The normalized spacial score (nSPS) is 18.2. The van der Waals surface area contributed by atoms with Crippen molar-refractivity contribution in [2.75, 3.05) is 6.61 Å². The van der Waals surface area contributed by atoms with Gasteiger partial charge in [0, 0.05) is 11.3 Å². The molecule has 0 bridgehead atoms. The number of ether oxygens (including phenoxy) is 2. The molecule has 21 heavy (non-hydrogen) atoms. The van der Waals surface area contributed by atoms with Gasteiger partial charge in [-0.05, 0) is 18.4 Å². The topological polar surface area (TPSA) is 85.3 Å². The summed E-state index contributed by atoms with van der Waals surface area (Å²) < 4.78 is 10.6. The summed E-state index contributed by atoms with van der Waals surface area (Å²) in [5.74, 6) is -0.463. The third kappa shape index (κ3) is 2.78. The number of nitrogens with zero attached hydrogens (tertiary/aromatic N) is 1. The summed E-state index contributed by atoms with van der Waals surface area (Å²) in [7, 11) is 0. The number of allylic oxidation sites excluding steroid dienone is 2. The Hall–Kier alpha value is -2.26. The van der Waals surface area contributed by atoms with Crippen LogP contribution in [0.5, 0.6) is 0 Å². The van der Waals surface area contributed by atoms with Crippen LogP contribution in [-0.2, 0) is 14.3 Å². The highest BCUT2D eigenvalue weighted by atomic mass is 32.1. The molecular weight excluding hydrogens is 288 g/mol. The van der Waals surface area contributed by atoms with Crippen LogP contribution in [0.25, 0.3) is 0 Å². The number of nitriles is 1. The average molecular weight is 304 g/mol. The van der Waals surface area contributed by atoms with E-state index < -0.39 is 11.9 Å². The standard InChI is InChI=1S/C15H16N2O3S/c1-3-10-13(15(18)19-4-2)12(11-6-5-7-21-11)9(8-16)14(17)20-10/h5-7,12H,3-4,17H2,1-2H3/t12-/m1/s1. The molecular formula is C15H16N2O3S. The Morgan fingerprint density at radius 3 is 2.86 bits per heavy atom. The van der Waals surface area contributed by atoms with Crippen LogP contribution >= 0.6 is 11.3 Å². The maximum absolute atomic E-state index is 12.3. The molecule has 0 saturated carbocycles. The van der Waals surface area contributed by atoms with Crippen molar-refractivity contribution < 1.29 is 14.3 Å². The fourth-order valence-electron chi connectivity index (χ4n) is 2.25. The zero-order valence-electron chi connectivity index (χ0n) is 11.9. The number of hydrogen-bond acceptors (Lipinski definition) is 6. The first kappa shape index (κ1) is 15.1. The lowest BCUT2D eigenvalue weighted by Gasteiger charge is -2.26. The van der Waals surface area contributed by atoms with E-state index in [2.05, 4.69) is 6.07 Å². The second-order valence-corrected chi connectivity index (χ2v) is 5.33. The van der Waals surface area contributed by atoms with E-state index in [1.807, 2.05) is 24.4 Å². The molecule has 0 aliphatic carbocycles. The van der Waals surface area contributed by atoms with Crippen LogP contribution in [0.3, 0.4) is 0 Å². The van der Waals surface area contributed by atoms with Gasteiger partial charge in [-0.1, -0.05) is 13.0 Å². The van der Waals surface area contributed by atoms with Gasteiger partial charge in [0.05, 0.1) is 18.1 Å². The highest BCUT2D eigenvalue weighted by molar-refractivity contribution is 7.10. The molecule has 0 spiro atoms. The molecule has 2 heterocycles. The molecule has 1 atom stereocenters. The summed E-state index contributed by atoms with van der Waals surface area (Å²) in [6.45, 7) is 3.87. The minimum absolute atomic E-state index is 0.0563. The van der Waals surface area contributed by atoms with E-state index in [1.165, 1.54) is 11.3 Å². The van der Waals surface area contributed by atoms with Crippen LogP contribution in [-0.4, -0.2) is 12.6 Å². The van der Waals surface area contributed by atoms with Crippen molar-refractivity contribution >= 4 is 17.3 Å². The molecule has 1 aliphatic heterocycles. The third-order valence-electron chi connectivity index (χ3n) is 3.14. The first-order chi connectivity index (χ1) is 10.1. The maximum atomic E-state index is 12.3. The van der Waals surface area contributed by atoms with Crippen molar-refractivity contribution in [3.63, 3.8) is 0 Å². The van der Waals surface area contributed by atoms with E-state index in [9.17, 15) is 10.1 Å². The van der Waals surface area contributed by atoms with Crippen molar-refractivity contribution in [3.8, 4) is 6.07 Å². The van der Waals surface area contributed by atoms with Crippen molar-refractivity contribution in [3.05, 3.63) is 45.2 Å². The number of carbonyl (C=O) groups is 1. The SMILES string of the molecule is CCOC(=O)C1=C(CC)OC(N)=C(C#N)[C@@H]1c1cccs1. The monoisotopic (exact) mass is 304 g/mol. The van der Waals surface area contributed by atoms with E-state index in [-0.39, 0.29) is 18.1 Å². The fourth-order valence-corrected chi connectivity index (χ4v) is 3.10. The Kier molecular flexibility index (Phi) is 4.66. The van der Waals surface area contributed by atoms with Gasteiger partial charge in [-0.25, -0.2) is 4.79 Å². The summed E-state index contributed by atoms with van der Waals surface area (Å²) in [6, 6.07) is 5.80. The second kappa shape index (κ2) is 6.46. The first-order valence-electron chi connectivity index (χ1n) is 6.65. The lowest BCUT2D eigenvalue weighted by molar-refractivity contribution is -0.139. The van der Waals surface area contributed by atoms with E-state index in [0.29, 0.717) is 17.8 Å². The molecule has 0 amide bonds. The average Bonchev–Trinajstić information content (AvgIpc) is 2.99. The van der Waals surface area contributed by atoms with Crippen LogP contribution < -0.4 is 5.73 Å². The molecule has 2 N–H and O–H groups in total. The quantitative estimate of drug-likeness (QED) is 0.864. The fraction of sp³-hybridized carbons (Fsp3) is 0.333. The predicted octanol–water partition coefficient (Wildman–Crippen LogP) is 2.78. The summed E-state index contributed by atoms with van der Waals surface area (Å²) in [5.41, 5.74) is 6.46. The molecule has 0 unspecified atom stereocenters. The largest absolute Gasteiger partial charge is 0.463 e. The molecule has 0 fully saturated rings. The lowest BCUT2D eigenvalue weighted by atomic mass is 9.87. The van der Waals surface area contributed by atoms with Gasteiger partial charge in [0.1, 0.15) is 17.4 Å². The van der Waals surface area contributed by atoms with Crippen LogP contribution in [0, 0.1) is 11.3 Å². The van der Waals surface area contributed by atoms with Crippen LogP contribution in [0.2, 0.25) is 0 Å². The molecule has 5 nitrogen and oxygen atoms in total. The highest BCUT2D eigenvalue weighted by Crippen LogP contribution is 2.41. The number of nitrogens with two attached hydrogens (primary N) is 1. The van der Waals surface area contributed by atoms with Gasteiger partial charge >= 0.3 is 5.97 Å². The molecule has 1 aromatic heterocycles. The number of thiophene rings is 1. The number of esters is 1. The zero-order chi connectivity index (χ0) is 15.4. The first-order valence-corrected chi connectivity index (χ1v) is 7.53. The van der Waals surface area contributed by atoms with Crippen LogP contribution in [0.15, 0.2) is 40.3 Å². The van der Waals surface area contributed by atoms with Gasteiger partial charge < -0.3 is 15.2 Å². The summed E-state index contributed by atoms with van der Waals surface area (Å²) in [5, 5.41) is 11.3. The molecule has 1 aromatic rings. The third-order valence-corrected chi connectivity index (χ3v) is 4.08. The van der Waals surface area contributed by atoms with Crippen molar-refractivity contribution in [2.45, 2.75) is 26.2 Å². The van der Waals surface area contributed by atoms with Crippen molar-refractivity contribution in [1.29, 1.82) is 5.26 Å². The van der Waals surface area contributed by atoms with E-state index in [4.69, 9.17) is 15.2 Å². The molecule has 6 heteroatoms. The van der Waals surface area contributed by atoms with E-state index >= 15 is 0 Å². The number of carbonyl (C=O) groups excluding carboxylic acids is 1. The van der Waals surface area contributed by atoms with Crippen molar-refractivity contribution in [2.24, 2.45) is 5.73 Å². The maximum Gasteiger partial charge on any atom is 0.338 e. The summed E-state index contributed by atoms with van der Waals surface area (Å²) >= 11 is 1.46. The van der Waals surface area contributed by atoms with Gasteiger partial charge in [-0.3, -0.25) is 0 Å². The number of rotatable bonds is 4. The van der Waals surface area contributed by atoms with E-state index in [1.54, 1.807) is 6.92 Å². The molecule has 2 rings (SSSR count). The smallest absolute Gasteiger partial charge is 0.338 e. The summed E-state index contributed by atoms with van der Waals surface area (Å²) in [4.78, 5) is 13.2.